The second kappa shape index (κ2) is 6.65. The van der Waals surface area contributed by atoms with Crippen molar-refractivity contribution < 1.29 is 9.53 Å². The number of fused-ring (bicyclic) bond motifs is 1. The molecule has 1 aliphatic heterocycles. The van der Waals surface area contributed by atoms with E-state index < -0.39 is 5.60 Å². The van der Waals surface area contributed by atoms with Crippen molar-refractivity contribution in [2.24, 2.45) is 0 Å². The van der Waals surface area contributed by atoms with E-state index in [9.17, 15) is 4.79 Å². The Morgan fingerprint density at radius 2 is 1.85 bits per heavy atom. The van der Waals surface area contributed by atoms with Gasteiger partial charge < -0.3 is 14.5 Å². The molecule has 0 N–H and O–H groups in total. The van der Waals surface area contributed by atoms with E-state index in [1.807, 2.05) is 38.6 Å². The van der Waals surface area contributed by atoms with Gasteiger partial charge in [-0.1, -0.05) is 0 Å². The van der Waals surface area contributed by atoms with Gasteiger partial charge in [-0.3, -0.25) is 0 Å². The summed E-state index contributed by atoms with van der Waals surface area (Å²) in [5.74, 6) is 0.867. The highest BCUT2D eigenvalue weighted by Gasteiger charge is 2.32. The number of nitrogens with zero attached hydrogens (tertiary/aromatic N) is 6. The molecule has 0 aliphatic carbocycles. The highest BCUT2D eigenvalue weighted by Crippen LogP contribution is 2.28. The van der Waals surface area contributed by atoms with E-state index in [-0.39, 0.29) is 17.7 Å². The number of amides is 1. The zero-order valence-electron chi connectivity index (χ0n) is 17.4. The fraction of sp³-hybridized carbons (Fsp3) is 0.684. The molecule has 3 heterocycles. The van der Waals surface area contributed by atoms with Crippen LogP contribution in [0, 0.1) is 0 Å². The summed E-state index contributed by atoms with van der Waals surface area (Å²) in [5.41, 5.74) is 0.180. The monoisotopic (exact) mass is 374 g/mol. The number of rotatable bonds is 1. The minimum Gasteiger partial charge on any atom is -0.444 e. The van der Waals surface area contributed by atoms with Gasteiger partial charge in [0, 0.05) is 25.7 Å². The van der Waals surface area contributed by atoms with Crippen molar-refractivity contribution in [3.05, 3.63) is 12.5 Å². The Balaban J connectivity index is 1.82. The lowest BCUT2D eigenvalue weighted by atomic mass is 10.1. The third kappa shape index (κ3) is 3.99. The number of ether oxygens (including phenoxy) is 1. The summed E-state index contributed by atoms with van der Waals surface area (Å²) in [6, 6.07) is 0.0243. The molecule has 0 radical (unpaired) electrons. The van der Waals surface area contributed by atoms with Gasteiger partial charge in [-0.2, -0.15) is 5.10 Å². The number of hydrogen-bond donors (Lipinski definition) is 0. The molecule has 1 aliphatic rings. The number of piperazine rings is 1. The Hall–Kier alpha value is -2.38. The Morgan fingerprint density at radius 3 is 2.44 bits per heavy atom. The number of carbonyl (C=O) groups excluding carboxylic acids is 1. The van der Waals surface area contributed by atoms with E-state index in [4.69, 9.17) is 4.74 Å². The second-order valence-corrected chi connectivity index (χ2v) is 9.13. The van der Waals surface area contributed by atoms with Crippen molar-refractivity contribution in [2.75, 3.05) is 24.5 Å². The van der Waals surface area contributed by atoms with Gasteiger partial charge in [0.25, 0.3) is 0 Å². The first-order chi connectivity index (χ1) is 12.5. The molecular formula is C19H30N6O2. The molecule has 1 saturated heterocycles. The predicted molar refractivity (Wildman–Crippen MR) is 105 cm³/mol. The Morgan fingerprint density at radius 1 is 1.15 bits per heavy atom. The average molecular weight is 374 g/mol. The SMILES string of the molecule is C[C@@H]1CN(c2ncnc3c2cnn3C(C)(C)C)CCN1C(=O)OC(C)(C)C. The highest BCUT2D eigenvalue weighted by atomic mass is 16.6. The van der Waals surface area contributed by atoms with Crippen molar-refractivity contribution in [1.82, 2.24) is 24.6 Å². The molecular weight excluding hydrogens is 344 g/mol. The normalized spacial score (nSPS) is 18.9. The molecule has 8 heteroatoms. The molecule has 1 amide bonds. The van der Waals surface area contributed by atoms with Gasteiger partial charge in [-0.15, -0.1) is 0 Å². The lowest BCUT2D eigenvalue weighted by Crippen LogP contribution is -2.55. The lowest BCUT2D eigenvalue weighted by molar-refractivity contribution is 0.0159. The molecule has 1 fully saturated rings. The van der Waals surface area contributed by atoms with E-state index >= 15 is 0 Å². The van der Waals surface area contributed by atoms with Gasteiger partial charge in [-0.25, -0.2) is 19.4 Å². The van der Waals surface area contributed by atoms with Crippen LogP contribution in [0.15, 0.2) is 12.5 Å². The maximum atomic E-state index is 12.4. The predicted octanol–water partition coefficient (Wildman–Crippen LogP) is 3.03. The third-order valence-electron chi connectivity index (χ3n) is 4.54. The van der Waals surface area contributed by atoms with Crippen LogP contribution in [0.4, 0.5) is 10.6 Å². The quantitative estimate of drug-likeness (QED) is 0.764. The van der Waals surface area contributed by atoms with Crippen LogP contribution in [-0.2, 0) is 10.3 Å². The van der Waals surface area contributed by atoms with Gasteiger partial charge in [0.1, 0.15) is 17.7 Å². The maximum Gasteiger partial charge on any atom is 0.410 e. The summed E-state index contributed by atoms with van der Waals surface area (Å²) in [5, 5.41) is 5.46. The molecule has 148 valence electrons. The topological polar surface area (TPSA) is 76.4 Å². The van der Waals surface area contributed by atoms with E-state index in [1.165, 1.54) is 0 Å². The molecule has 2 aromatic rings. The van der Waals surface area contributed by atoms with Gasteiger partial charge in [0.2, 0.25) is 0 Å². The minimum absolute atomic E-state index is 0.0243. The van der Waals surface area contributed by atoms with Crippen molar-refractivity contribution in [3.8, 4) is 0 Å². The molecule has 0 aromatic carbocycles. The van der Waals surface area contributed by atoms with Crippen LogP contribution in [0.2, 0.25) is 0 Å². The first kappa shape index (κ1) is 19.4. The van der Waals surface area contributed by atoms with Gasteiger partial charge >= 0.3 is 6.09 Å². The maximum absolute atomic E-state index is 12.4. The van der Waals surface area contributed by atoms with E-state index in [2.05, 4.69) is 40.7 Å². The molecule has 0 spiro atoms. The van der Waals surface area contributed by atoms with E-state index in [1.54, 1.807) is 11.2 Å². The van der Waals surface area contributed by atoms with Crippen molar-refractivity contribution in [2.45, 2.75) is 65.6 Å². The number of hydrogen-bond acceptors (Lipinski definition) is 6. The molecule has 3 rings (SSSR count). The number of anilines is 1. The van der Waals surface area contributed by atoms with Crippen LogP contribution >= 0.6 is 0 Å². The lowest BCUT2D eigenvalue weighted by Gasteiger charge is -2.40. The highest BCUT2D eigenvalue weighted by molar-refractivity contribution is 5.87. The number of carbonyl (C=O) groups is 1. The van der Waals surface area contributed by atoms with Crippen LogP contribution in [0.3, 0.4) is 0 Å². The number of aromatic nitrogens is 4. The Labute approximate surface area is 160 Å². The van der Waals surface area contributed by atoms with Gasteiger partial charge in [-0.05, 0) is 48.5 Å². The molecule has 27 heavy (non-hydrogen) atoms. The molecule has 0 unspecified atom stereocenters. The summed E-state index contributed by atoms with van der Waals surface area (Å²) in [4.78, 5) is 25.4. The fourth-order valence-corrected chi connectivity index (χ4v) is 3.32. The van der Waals surface area contributed by atoms with Crippen molar-refractivity contribution >= 4 is 22.9 Å². The third-order valence-corrected chi connectivity index (χ3v) is 4.54. The molecule has 2 aromatic heterocycles. The zero-order chi connectivity index (χ0) is 20.0. The minimum atomic E-state index is -0.492. The molecule has 0 bridgehead atoms. The summed E-state index contributed by atoms with van der Waals surface area (Å²) in [6.07, 6.45) is 3.16. The van der Waals surface area contributed by atoms with Crippen LogP contribution in [0.25, 0.3) is 11.0 Å². The fourth-order valence-electron chi connectivity index (χ4n) is 3.32. The summed E-state index contributed by atoms with van der Waals surface area (Å²) >= 11 is 0. The second-order valence-electron chi connectivity index (χ2n) is 9.13. The Kier molecular flexibility index (Phi) is 4.78. The average Bonchev–Trinajstić information content (AvgIpc) is 2.97. The van der Waals surface area contributed by atoms with Crippen LogP contribution < -0.4 is 4.90 Å². The largest absolute Gasteiger partial charge is 0.444 e. The zero-order valence-corrected chi connectivity index (χ0v) is 17.4. The van der Waals surface area contributed by atoms with Crippen LogP contribution in [0.1, 0.15) is 48.5 Å². The molecule has 1 atom stereocenters. The van der Waals surface area contributed by atoms with E-state index in [0.29, 0.717) is 19.6 Å². The standard InChI is InChI=1S/C19H30N6O2/c1-13-11-23(8-9-24(13)17(26)27-19(5,6)7)15-14-10-22-25(18(2,3)4)16(14)21-12-20-15/h10,12-13H,8-9,11H2,1-7H3/t13-/m1/s1. The first-order valence-corrected chi connectivity index (χ1v) is 9.41. The molecule has 8 nitrogen and oxygen atoms in total. The van der Waals surface area contributed by atoms with Crippen LogP contribution in [-0.4, -0.2) is 62.0 Å². The molecule has 0 saturated carbocycles. The first-order valence-electron chi connectivity index (χ1n) is 9.41. The van der Waals surface area contributed by atoms with Gasteiger partial charge in [0.15, 0.2) is 5.65 Å². The summed E-state index contributed by atoms with van der Waals surface area (Å²) < 4.78 is 7.45. The summed E-state index contributed by atoms with van der Waals surface area (Å²) in [6.45, 7) is 16.0. The van der Waals surface area contributed by atoms with E-state index in [0.717, 1.165) is 16.9 Å². The van der Waals surface area contributed by atoms with Crippen LogP contribution in [0.5, 0.6) is 0 Å². The van der Waals surface area contributed by atoms with Gasteiger partial charge in [0.05, 0.1) is 17.1 Å². The Bertz CT molecular complexity index is 833. The summed E-state index contributed by atoms with van der Waals surface area (Å²) in [7, 11) is 0. The smallest absolute Gasteiger partial charge is 0.410 e. The van der Waals surface area contributed by atoms with Crippen molar-refractivity contribution in [3.63, 3.8) is 0 Å². The van der Waals surface area contributed by atoms with Crippen molar-refractivity contribution in [1.29, 1.82) is 0 Å².